The molecule has 3 N–H and O–H groups in total. The third kappa shape index (κ3) is 5.14. The number of benzene rings is 2. The number of rotatable bonds is 8. The first-order valence-electron chi connectivity index (χ1n) is 10.1. The van der Waals surface area contributed by atoms with Gasteiger partial charge in [-0.05, 0) is 18.6 Å². The van der Waals surface area contributed by atoms with Gasteiger partial charge in [0.1, 0.15) is 11.4 Å². The molecule has 1 unspecified atom stereocenters. The van der Waals surface area contributed by atoms with Crippen molar-refractivity contribution in [1.82, 2.24) is 15.4 Å². The second kappa shape index (κ2) is 10.4. The molecule has 15 heteroatoms. The summed E-state index contributed by atoms with van der Waals surface area (Å²) in [6.45, 7) is 1.59. The molecule has 36 heavy (non-hydrogen) atoms. The zero-order valence-electron chi connectivity index (χ0n) is 19.1. The predicted molar refractivity (Wildman–Crippen MR) is 127 cm³/mol. The topological polar surface area (TPSA) is 212 Å². The van der Waals surface area contributed by atoms with Crippen LogP contribution in [0.2, 0.25) is 0 Å². The molecule has 0 spiro atoms. The zero-order valence-corrected chi connectivity index (χ0v) is 19.1. The molecule has 3 rings (SSSR count). The summed E-state index contributed by atoms with van der Waals surface area (Å²) in [7, 11) is 2.36. The predicted octanol–water partition coefficient (Wildman–Crippen LogP) is 1.52. The van der Waals surface area contributed by atoms with Gasteiger partial charge in [-0.3, -0.25) is 34.6 Å². The highest BCUT2D eigenvalue weighted by molar-refractivity contribution is 6.47. The number of amides is 1. The largest absolute Gasteiger partial charge is 0.468 e. The third-order valence-electron chi connectivity index (χ3n) is 5.04. The second-order valence-electron chi connectivity index (χ2n) is 7.30. The average Bonchev–Trinajstić information content (AvgIpc) is 2.84. The van der Waals surface area contributed by atoms with E-state index in [-0.39, 0.29) is 28.1 Å². The molecular weight excluding hydrogens is 478 g/mol. The summed E-state index contributed by atoms with van der Waals surface area (Å²) in [5.41, 5.74) is 0.525. The number of aromatic amines is 1. The number of ether oxygens (including phenoxy) is 1. The van der Waals surface area contributed by atoms with Crippen LogP contribution in [0.4, 0.5) is 17.1 Å². The minimum absolute atomic E-state index is 0.0218. The van der Waals surface area contributed by atoms with Crippen LogP contribution >= 0.6 is 0 Å². The van der Waals surface area contributed by atoms with E-state index < -0.39 is 44.6 Å². The fourth-order valence-electron chi connectivity index (χ4n) is 3.28. The SMILES string of the molecule is CN/N=C(\C(=O)Nc1cc([N+](=O)[O-])ccc1C)C(C(=O)OC)c1nc2cc([N+](=O)[O-])ccc2[nH]c1=O. The normalized spacial score (nSPS) is 12.0. The molecule has 1 aromatic heterocycles. The first-order valence-corrected chi connectivity index (χ1v) is 10.1. The van der Waals surface area contributed by atoms with Crippen LogP contribution < -0.4 is 16.3 Å². The number of non-ortho nitro benzene ring substituents is 2. The lowest BCUT2D eigenvalue weighted by atomic mass is 9.98. The lowest BCUT2D eigenvalue weighted by Crippen LogP contribution is -2.38. The molecule has 0 aliphatic carbocycles. The molecular formula is C21H19N7O8. The van der Waals surface area contributed by atoms with E-state index in [9.17, 15) is 34.6 Å². The monoisotopic (exact) mass is 497 g/mol. The van der Waals surface area contributed by atoms with Gasteiger partial charge in [-0.15, -0.1) is 0 Å². The third-order valence-corrected chi connectivity index (χ3v) is 5.04. The van der Waals surface area contributed by atoms with E-state index in [0.717, 1.165) is 19.2 Å². The molecule has 1 amide bonds. The van der Waals surface area contributed by atoms with Crippen LogP contribution in [0.25, 0.3) is 11.0 Å². The highest BCUT2D eigenvalue weighted by atomic mass is 16.6. The number of H-pyrrole nitrogens is 1. The molecule has 0 aliphatic heterocycles. The number of aryl methyl sites for hydroxylation is 1. The maximum atomic E-state index is 13.2. The summed E-state index contributed by atoms with van der Waals surface area (Å²) in [6.07, 6.45) is 0. The maximum Gasteiger partial charge on any atom is 0.321 e. The van der Waals surface area contributed by atoms with Gasteiger partial charge in [0.05, 0.1) is 33.7 Å². The van der Waals surface area contributed by atoms with Crippen molar-refractivity contribution in [3.8, 4) is 0 Å². The summed E-state index contributed by atoms with van der Waals surface area (Å²) >= 11 is 0. The number of esters is 1. The second-order valence-corrected chi connectivity index (χ2v) is 7.30. The number of hydrazone groups is 1. The van der Waals surface area contributed by atoms with E-state index in [0.29, 0.717) is 5.56 Å². The van der Waals surface area contributed by atoms with Crippen molar-refractivity contribution in [3.63, 3.8) is 0 Å². The smallest absolute Gasteiger partial charge is 0.321 e. The number of hydrogen-bond acceptors (Lipinski definition) is 11. The molecule has 0 saturated heterocycles. The van der Waals surface area contributed by atoms with Crippen molar-refractivity contribution < 1.29 is 24.2 Å². The van der Waals surface area contributed by atoms with Crippen LogP contribution in [0.5, 0.6) is 0 Å². The van der Waals surface area contributed by atoms with Crippen LogP contribution in [-0.4, -0.2) is 51.6 Å². The number of nitro benzene ring substituents is 2. The van der Waals surface area contributed by atoms with Gasteiger partial charge in [-0.25, -0.2) is 4.98 Å². The molecule has 0 aliphatic rings. The molecule has 0 fully saturated rings. The van der Waals surface area contributed by atoms with Crippen molar-refractivity contribution in [2.45, 2.75) is 12.8 Å². The minimum atomic E-state index is -1.76. The Kier molecular flexibility index (Phi) is 7.32. The average molecular weight is 497 g/mol. The van der Waals surface area contributed by atoms with E-state index in [4.69, 9.17) is 4.74 Å². The Bertz CT molecular complexity index is 1480. The highest BCUT2D eigenvalue weighted by Crippen LogP contribution is 2.24. The Morgan fingerprint density at radius 1 is 1.11 bits per heavy atom. The van der Waals surface area contributed by atoms with Gasteiger partial charge >= 0.3 is 5.97 Å². The molecule has 0 radical (unpaired) electrons. The molecule has 1 atom stereocenters. The van der Waals surface area contributed by atoms with E-state index >= 15 is 0 Å². The van der Waals surface area contributed by atoms with E-state index in [1.54, 1.807) is 6.92 Å². The van der Waals surface area contributed by atoms with Crippen LogP contribution in [0.1, 0.15) is 17.2 Å². The molecule has 15 nitrogen and oxygen atoms in total. The van der Waals surface area contributed by atoms with Gasteiger partial charge in [-0.2, -0.15) is 5.10 Å². The summed E-state index contributed by atoms with van der Waals surface area (Å²) in [6, 6.07) is 7.33. The molecule has 186 valence electrons. The van der Waals surface area contributed by atoms with Crippen LogP contribution in [-0.2, 0) is 14.3 Å². The van der Waals surface area contributed by atoms with Crippen LogP contribution in [0.15, 0.2) is 46.3 Å². The van der Waals surface area contributed by atoms with Crippen LogP contribution in [0.3, 0.4) is 0 Å². The number of anilines is 1. The molecule has 0 bridgehead atoms. The number of hydrogen-bond donors (Lipinski definition) is 3. The van der Waals surface area contributed by atoms with Crippen molar-refractivity contribution in [1.29, 1.82) is 0 Å². The van der Waals surface area contributed by atoms with Gasteiger partial charge in [0.25, 0.3) is 22.8 Å². The van der Waals surface area contributed by atoms with Crippen LogP contribution in [0, 0.1) is 27.2 Å². The zero-order chi connectivity index (χ0) is 26.6. The van der Waals surface area contributed by atoms with Gasteiger partial charge in [0, 0.05) is 31.3 Å². The number of nitrogens with zero attached hydrogens (tertiary/aromatic N) is 4. The first kappa shape index (κ1) is 25.4. The minimum Gasteiger partial charge on any atom is -0.468 e. The molecule has 2 aromatic carbocycles. The number of nitrogens with one attached hydrogen (secondary N) is 3. The summed E-state index contributed by atoms with van der Waals surface area (Å²) in [4.78, 5) is 66.3. The maximum absolute atomic E-state index is 13.2. The van der Waals surface area contributed by atoms with Crippen molar-refractivity contribution in [3.05, 3.63) is 78.2 Å². The van der Waals surface area contributed by atoms with E-state index in [1.165, 1.54) is 31.3 Å². The van der Waals surface area contributed by atoms with Gasteiger partial charge in [0.2, 0.25) is 0 Å². The number of fused-ring (bicyclic) bond motifs is 1. The lowest BCUT2D eigenvalue weighted by molar-refractivity contribution is -0.384. The number of nitro groups is 2. The van der Waals surface area contributed by atoms with E-state index in [2.05, 4.69) is 25.8 Å². The summed E-state index contributed by atoms with van der Waals surface area (Å²) in [5.74, 6) is -3.81. The number of methoxy groups -OCH3 is 1. The number of carbonyl (C=O) groups excluding carboxylic acids is 2. The van der Waals surface area contributed by atoms with Crippen molar-refractivity contribution in [2.24, 2.45) is 5.10 Å². The van der Waals surface area contributed by atoms with Crippen molar-refractivity contribution >= 4 is 45.7 Å². The fourth-order valence-corrected chi connectivity index (χ4v) is 3.28. The number of aromatic nitrogens is 2. The Balaban J connectivity index is 2.14. The standard InChI is InChI=1S/C21H19N7O8/c1-10-4-5-11(27(32)33)8-14(10)25-20(30)18(26-22-2)16(21(31)36-3)17-19(29)24-13-7-6-12(28(34)35)9-15(13)23-17/h4-9,16,22H,1-3H3,(H,24,29)(H,25,30)/b26-18-. The number of carbonyl (C=O) groups is 2. The molecule has 1 heterocycles. The molecule has 3 aromatic rings. The Hall–Kier alpha value is -5.21. The molecule has 0 saturated carbocycles. The summed E-state index contributed by atoms with van der Waals surface area (Å²) in [5, 5.41) is 28.6. The Morgan fingerprint density at radius 2 is 1.75 bits per heavy atom. The lowest BCUT2D eigenvalue weighted by Gasteiger charge is -2.17. The summed E-state index contributed by atoms with van der Waals surface area (Å²) < 4.78 is 4.78. The fraction of sp³-hybridized carbons (Fsp3) is 0.190. The van der Waals surface area contributed by atoms with Crippen molar-refractivity contribution in [2.75, 3.05) is 19.5 Å². The Labute approximate surface area is 201 Å². The first-order chi connectivity index (χ1) is 17.1. The highest BCUT2D eigenvalue weighted by Gasteiger charge is 2.36. The Morgan fingerprint density at radius 3 is 2.36 bits per heavy atom. The van der Waals surface area contributed by atoms with E-state index in [1.807, 2.05) is 0 Å². The quantitative estimate of drug-likeness (QED) is 0.177. The van der Waals surface area contributed by atoms with Gasteiger partial charge in [0.15, 0.2) is 5.92 Å². The van der Waals surface area contributed by atoms with Gasteiger partial charge in [-0.1, -0.05) is 6.07 Å². The van der Waals surface area contributed by atoms with Gasteiger partial charge < -0.3 is 20.5 Å².